The standard InChI is InChI=1S/C23H25N3O2S2/c1-4-11-26-22(28)20-16-7-5-6-8-18(16)30-21(20)25-23(26)29-13-19(27)24-17-12-14(2)9-10-15(17)3/h4,9-10,12H,1,5-8,11,13H2,2-3H3,(H,24,27). The Bertz CT molecular complexity index is 1190. The number of aryl methyl sites for hydroxylation is 4. The van der Waals surface area contributed by atoms with E-state index in [9.17, 15) is 9.59 Å². The summed E-state index contributed by atoms with van der Waals surface area (Å²) in [6.45, 7) is 8.14. The van der Waals surface area contributed by atoms with E-state index >= 15 is 0 Å². The molecule has 0 spiro atoms. The van der Waals surface area contributed by atoms with Crippen LogP contribution < -0.4 is 10.9 Å². The van der Waals surface area contributed by atoms with E-state index in [-0.39, 0.29) is 17.2 Å². The van der Waals surface area contributed by atoms with Gasteiger partial charge in [-0.25, -0.2) is 4.98 Å². The van der Waals surface area contributed by atoms with Crippen molar-refractivity contribution in [1.29, 1.82) is 0 Å². The van der Waals surface area contributed by atoms with Crippen molar-refractivity contribution in [3.63, 3.8) is 0 Å². The van der Waals surface area contributed by atoms with E-state index in [0.717, 1.165) is 46.3 Å². The van der Waals surface area contributed by atoms with Gasteiger partial charge in [0.25, 0.3) is 5.56 Å². The number of thioether (sulfide) groups is 1. The number of amides is 1. The van der Waals surface area contributed by atoms with Crippen LogP contribution in [-0.4, -0.2) is 21.2 Å². The fraction of sp³-hybridized carbons (Fsp3) is 0.348. The number of hydrogen-bond donors (Lipinski definition) is 1. The van der Waals surface area contributed by atoms with Gasteiger partial charge in [0.05, 0.1) is 11.1 Å². The molecule has 156 valence electrons. The molecule has 3 aromatic rings. The fourth-order valence-electron chi connectivity index (χ4n) is 3.81. The second kappa shape index (κ2) is 8.78. The summed E-state index contributed by atoms with van der Waals surface area (Å²) in [5.74, 6) is 0.0757. The van der Waals surface area contributed by atoms with Crippen molar-refractivity contribution in [1.82, 2.24) is 9.55 Å². The first-order chi connectivity index (χ1) is 14.5. The second-order valence-corrected chi connectivity index (χ2v) is 9.67. The summed E-state index contributed by atoms with van der Waals surface area (Å²) < 4.78 is 1.65. The number of nitrogens with zero attached hydrogens (tertiary/aromatic N) is 2. The lowest BCUT2D eigenvalue weighted by Gasteiger charge is -2.13. The van der Waals surface area contributed by atoms with Crippen LogP contribution in [0.25, 0.3) is 10.2 Å². The molecule has 1 aliphatic carbocycles. The maximum absolute atomic E-state index is 13.3. The van der Waals surface area contributed by atoms with Gasteiger partial charge in [-0.3, -0.25) is 14.2 Å². The summed E-state index contributed by atoms with van der Waals surface area (Å²) in [5.41, 5.74) is 4.10. The molecule has 0 bridgehead atoms. The Morgan fingerprint density at radius 3 is 2.93 bits per heavy atom. The van der Waals surface area contributed by atoms with Crippen LogP contribution >= 0.6 is 23.1 Å². The predicted molar refractivity (Wildman–Crippen MR) is 126 cm³/mol. The van der Waals surface area contributed by atoms with Gasteiger partial charge in [0.2, 0.25) is 5.91 Å². The number of carbonyl (C=O) groups is 1. The Balaban J connectivity index is 1.61. The average Bonchev–Trinajstić information content (AvgIpc) is 3.10. The number of nitrogens with one attached hydrogen (secondary N) is 1. The van der Waals surface area contributed by atoms with Crippen molar-refractivity contribution in [2.45, 2.75) is 51.2 Å². The summed E-state index contributed by atoms with van der Waals surface area (Å²) in [6.07, 6.45) is 5.96. The van der Waals surface area contributed by atoms with Gasteiger partial charge in [-0.1, -0.05) is 30.0 Å². The minimum atomic E-state index is -0.112. The number of hydrogen-bond acceptors (Lipinski definition) is 5. The molecule has 0 atom stereocenters. The van der Waals surface area contributed by atoms with Crippen LogP contribution in [-0.2, 0) is 24.2 Å². The topological polar surface area (TPSA) is 64.0 Å². The molecule has 5 nitrogen and oxygen atoms in total. The molecule has 0 aliphatic heterocycles. The zero-order chi connectivity index (χ0) is 21.3. The van der Waals surface area contributed by atoms with E-state index in [1.54, 1.807) is 22.0 Å². The van der Waals surface area contributed by atoms with Crippen molar-refractivity contribution in [2.75, 3.05) is 11.1 Å². The summed E-state index contributed by atoms with van der Waals surface area (Å²) in [6, 6.07) is 5.98. The maximum atomic E-state index is 13.3. The van der Waals surface area contributed by atoms with Gasteiger partial charge < -0.3 is 5.32 Å². The van der Waals surface area contributed by atoms with E-state index < -0.39 is 0 Å². The molecular formula is C23H25N3O2S2. The Morgan fingerprint density at radius 1 is 1.33 bits per heavy atom. The molecule has 1 aliphatic rings. The maximum Gasteiger partial charge on any atom is 0.263 e. The first-order valence-corrected chi connectivity index (χ1v) is 11.9. The fourth-order valence-corrected chi connectivity index (χ4v) is 5.92. The van der Waals surface area contributed by atoms with Gasteiger partial charge in [-0.2, -0.15) is 0 Å². The summed E-state index contributed by atoms with van der Waals surface area (Å²) in [5, 5.41) is 4.31. The molecule has 0 unspecified atom stereocenters. The Morgan fingerprint density at radius 2 is 2.13 bits per heavy atom. The molecule has 0 saturated heterocycles. The highest BCUT2D eigenvalue weighted by Gasteiger charge is 2.22. The third kappa shape index (κ3) is 4.09. The van der Waals surface area contributed by atoms with Gasteiger partial charge in [0.15, 0.2) is 5.16 Å². The smallest absolute Gasteiger partial charge is 0.263 e. The SMILES string of the molecule is C=CCn1c(SCC(=O)Nc2cc(C)ccc2C)nc2sc3c(c2c1=O)CCCC3. The third-order valence-corrected chi connectivity index (χ3v) is 7.51. The molecule has 1 N–H and O–H groups in total. The number of thiophene rings is 1. The normalized spacial score (nSPS) is 13.3. The van der Waals surface area contributed by atoms with E-state index in [4.69, 9.17) is 4.98 Å². The molecular weight excluding hydrogens is 414 g/mol. The number of rotatable bonds is 6. The molecule has 1 amide bonds. The van der Waals surface area contributed by atoms with E-state index in [1.165, 1.54) is 28.6 Å². The molecule has 0 fully saturated rings. The zero-order valence-electron chi connectivity index (χ0n) is 17.3. The summed E-state index contributed by atoms with van der Waals surface area (Å²) in [4.78, 5) is 32.7. The third-order valence-electron chi connectivity index (χ3n) is 5.35. The van der Waals surface area contributed by atoms with Crippen molar-refractivity contribution in [2.24, 2.45) is 0 Å². The highest BCUT2D eigenvalue weighted by Crippen LogP contribution is 2.34. The van der Waals surface area contributed by atoms with E-state index in [2.05, 4.69) is 11.9 Å². The quantitative estimate of drug-likeness (QED) is 0.338. The van der Waals surface area contributed by atoms with Crippen LogP contribution in [0.1, 0.15) is 34.4 Å². The van der Waals surface area contributed by atoms with Gasteiger partial charge in [0.1, 0.15) is 4.83 Å². The molecule has 0 saturated carbocycles. The summed E-state index contributed by atoms with van der Waals surface area (Å²) in [7, 11) is 0. The van der Waals surface area contributed by atoms with E-state index in [0.29, 0.717) is 11.7 Å². The lowest BCUT2D eigenvalue weighted by Crippen LogP contribution is -2.24. The van der Waals surface area contributed by atoms with Gasteiger partial charge >= 0.3 is 0 Å². The predicted octanol–water partition coefficient (Wildman–Crippen LogP) is 4.87. The second-order valence-electron chi connectivity index (χ2n) is 7.65. The molecule has 0 radical (unpaired) electrons. The van der Waals surface area contributed by atoms with Crippen molar-refractivity contribution in [3.05, 3.63) is 62.8 Å². The number of fused-ring (bicyclic) bond motifs is 3. The lowest BCUT2D eigenvalue weighted by molar-refractivity contribution is -0.113. The summed E-state index contributed by atoms with van der Waals surface area (Å²) >= 11 is 2.93. The van der Waals surface area contributed by atoms with Crippen molar-refractivity contribution in [3.8, 4) is 0 Å². The van der Waals surface area contributed by atoms with Crippen LogP contribution in [0.3, 0.4) is 0 Å². The van der Waals surface area contributed by atoms with Gasteiger partial charge in [-0.15, -0.1) is 17.9 Å². The van der Waals surface area contributed by atoms with Crippen LogP contribution in [0.15, 0.2) is 40.8 Å². The van der Waals surface area contributed by atoms with Crippen molar-refractivity contribution >= 4 is 44.9 Å². The Hall–Kier alpha value is -2.38. The number of aromatic nitrogens is 2. The largest absolute Gasteiger partial charge is 0.325 e. The van der Waals surface area contributed by atoms with Crippen LogP contribution in [0.5, 0.6) is 0 Å². The molecule has 1 aromatic carbocycles. The van der Waals surface area contributed by atoms with Crippen molar-refractivity contribution < 1.29 is 4.79 Å². The lowest BCUT2D eigenvalue weighted by atomic mass is 9.97. The Kier molecular flexibility index (Phi) is 6.11. The van der Waals surface area contributed by atoms with Gasteiger partial charge in [-0.05, 0) is 62.3 Å². The van der Waals surface area contributed by atoms with Crippen LogP contribution in [0.4, 0.5) is 5.69 Å². The average molecular weight is 440 g/mol. The Labute approximate surface area is 184 Å². The number of anilines is 1. The minimum absolute atomic E-state index is 0.0169. The molecule has 2 aromatic heterocycles. The molecule has 2 heterocycles. The monoisotopic (exact) mass is 439 g/mol. The number of carbonyl (C=O) groups excluding carboxylic acids is 1. The van der Waals surface area contributed by atoms with Crippen LogP contribution in [0.2, 0.25) is 0 Å². The van der Waals surface area contributed by atoms with Gasteiger partial charge in [0, 0.05) is 17.1 Å². The van der Waals surface area contributed by atoms with Crippen LogP contribution in [0, 0.1) is 13.8 Å². The minimum Gasteiger partial charge on any atom is -0.325 e. The number of benzene rings is 1. The van der Waals surface area contributed by atoms with E-state index in [1.807, 2.05) is 32.0 Å². The number of allylic oxidation sites excluding steroid dienone is 1. The highest BCUT2D eigenvalue weighted by atomic mass is 32.2. The highest BCUT2D eigenvalue weighted by molar-refractivity contribution is 7.99. The zero-order valence-corrected chi connectivity index (χ0v) is 18.9. The molecule has 7 heteroatoms. The first-order valence-electron chi connectivity index (χ1n) is 10.1. The first kappa shape index (κ1) is 20.9. The molecule has 30 heavy (non-hydrogen) atoms. The molecule has 4 rings (SSSR count).